The standard InChI is InChI=1S/C18H18N2O3S/c1-12-4-2-5-14-6-3-7-20(17(12)14)16(23)11-24-18-15(22)8-13(10-21)9-19-18/h2,4-5,8-10,22H,3,6-7,11H2,1H3. The Hall–Kier alpha value is -2.34. The number of pyridine rings is 1. The molecule has 124 valence electrons. The Morgan fingerprint density at radius 2 is 2.29 bits per heavy atom. The van der Waals surface area contributed by atoms with Crippen LogP contribution in [0.25, 0.3) is 0 Å². The fraction of sp³-hybridized carbons (Fsp3) is 0.278. The highest BCUT2D eigenvalue weighted by Gasteiger charge is 2.24. The van der Waals surface area contributed by atoms with Crippen LogP contribution in [0.2, 0.25) is 0 Å². The number of nitrogens with zero attached hydrogens (tertiary/aromatic N) is 2. The average Bonchev–Trinajstić information content (AvgIpc) is 2.60. The third kappa shape index (κ3) is 3.28. The summed E-state index contributed by atoms with van der Waals surface area (Å²) in [6, 6.07) is 7.46. The number of aromatic hydroxyl groups is 1. The number of carbonyl (C=O) groups is 2. The van der Waals surface area contributed by atoms with Crippen molar-refractivity contribution in [2.75, 3.05) is 17.2 Å². The number of carbonyl (C=O) groups excluding carboxylic acids is 2. The zero-order chi connectivity index (χ0) is 17.1. The normalized spacial score (nSPS) is 13.5. The van der Waals surface area contributed by atoms with E-state index in [0.717, 1.165) is 24.1 Å². The Balaban J connectivity index is 1.74. The molecule has 0 saturated carbocycles. The maximum Gasteiger partial charge on any atom is 0.237 e. The second-order valence-electron chi connectivity index (χ2n) is 5.73. The van der Waals surface area contributed by atoms with E-state index in [-0.39, 0.29) is 17.4 Å². The number of anilines is 1. The van der Waals surface area contributed by atoms with Gasteiger partial charge in [0.05, 0.1) is 5.75 Å². The summed E-state index contributed by atoms with van der Waals surface area (Å²) in [5, 5.41) is 10.2. The molecule has 3 rings (SSSR count). The number of aromatic nitrogens is 1. The summed E-state index contributed by atoms with van der Waals surface area (Å²) in [7, 11) is 0. The molecule has 0 saturated heterocycles. The molecule has 0 unspecified atom stereocenters. The van der Waals surface area contributed by atoms with E-state index >= 15 is 0 Å². The number of para-hydroxylation sites is 1. The van der Waals surface area contributed by atoms with Gasteiger partial charge < -0.3 is 10.0 Å². The van der Waals surface area contributed by atoms with Crippen molar-refractivity contribution in [1.82, 2.24) is 4.98 Å². The Morgan fingerprint density at radius 3 is 3.04 bits per heavy atom. The molecule has 0 bridgehead atoms. The van der Waals surface area contributed by atoms with Gasteiger partial charge in [-0.15, -0.1) is 0 Å². The maximum atomic E-state index is 12.7. The third-order valence-electron chi connectivity index (χ3n) is 4.04. The summed E-state index contributed by atoms with van der Waals surface area (Å²) in [4.78, 5) is 29.2. The molecule has 0 radical (unpaired) electrons. The molecule has 0 aliphatic carbocycles. The smallest absolute Gasteiger partial charge is 0.237 e. The van der Waals surface area contributed by atoms with E-state index in [1.54, 1.807) is 0 Å². The zero-order valence-electron chi connectivity index (χ0n) is 13.4. The maximum absolute atomic E-state index is 12.7. The van der Waals surface area contributed by atoms with E-state index in [9.17, 15) is 14.7 Å². The van der Waals surface area contributed by atoms with E-state index in [2.05, 4.69) is 11.1 Å². The quantitative estimate of drug-likeness (QED) is 0.683. The number of hydrogen-bond donors (Lipinski definition) is 1. The number of benzene rings is 1. The highest BCUT2D eigenvalue weighted by atomic mass is 32.2. The summed E-state index contributed by atoms with van der Waals surface area (Å²) < 4.78 is 0. The highest BCUT2D eigenvalue weighted by Crippen LogP contribution is 2.32. The van der Waals surface area contributed by atoms with Gasteiger partial charge in [0.25, 0.3) is 0 Å². The first kappa shape index (κ1) is 16.5. The van der Waals surface area contributed by atoms with Gasteiger partial charge in [-0.3, -0.25) is 9.59 Å². The van der Waals surface area contributed by atoms with Gasteiger partial charge in [-0.05, 0) is 37.0 Å². The fourth-order valence-corrected chi connectivity index (χ4v) is 3.69. The Bertz CT molecular complexity index is 792. The predicted molar refractivity (Wildman–Crippen MR) is 93.9 cm³/mol. The first-order chi connectivity index (χ1) is 11.6. The first-order valence-corrected chi connectivity index (χ1v) is 8.74. The fourth-order valence-electron chi connectivity index (χ4n) is 2.94. The second kappa shape index (κ2) is 7.05. The van der Waals surface area contributed by atoms with Gasteiger partial charge in [-0.2, -0.15) is 0 Å². The van der Waals surface area contributed by atoms with Crippen molar-refractivity contribution < 1.29 is 14.7 Å². The summed E-state index contributed by atoms with van der Waals surface area (Å²) in [6.07, 6.45) is 3.95. The number of aldehydes is 1. The molecule has 1 N–H and O–H groups in total. The number of fused-ring (bicyclic) bond motifs is 1. The van der Waals surface area contributed by atoms with E-state index in [4.69, 9.17) is 0 Å². The molecule has 1 aliphatic heterocycles. The lowest BCUT2D eigenvalue weighted by Gasteiger charge is -2.31. The van der Waals surface area contributed by atoms with Gasteiger partial charge in [0, 0.05) is 24.0 Å². The van der Waals surface area contributed by atoms with E-state index in [1.807, 2.05) is 24.0 Å². The molecule has 1 aromatic carbocycles. The van der Waals surface area contributed by atoms with Crippen molar-refractivity contribution in [3.8, 4) is 5.75 Å². The molecule has 1 aromatic heterocycles. The molecule has 5 nitrogen and oxygen atoms in total. The summed E-state index contributed by atoms with van der Waals surface area (Å²) in [5.41, 5.74) is 3.63. The van der Waals surface area contributed by atoms with Gasteiger partial charge in [0.1, 0.15) is 10.8 Å². The van der Waals surface area contributed by atoms with Crippen molar-refractivity contribution in [2.45, 2.75) is 24.8 Å². The van der Waals surface area contributed by atoms with E-state index in [0.29, 0.717) is 23.4 Å². The number of amides is 1. The third-order valence-corrected chi connectivity index (χ3v) is 5.02. The van der Waals surface area contributed by atoms with Crippen LogP contribution in [0.3, 0.4) is 0 Å². The minimum absolute atomic E-state index is 0.00378. The SMILES string of the molecule is Cc1cccc2c1N(C(=O)CSc1ncc(C=O)cc1O)CCC2. The predicted octanol–water partition coefficient (Wildman–Crippen LogP) is 2.98. The molecule has 1 aliphatic rings. The van der Waals surface area contributed by atoms with Crippen molar-refractivity contribution in [2.24, 2.45) is 0 Å². The van der Waals surface area contributed by atoms with Gasteiger partial charge in [0.15, 0.2) is 6.29 Å². The van der Waals surface area contributed by atoms with Crippen LogP contribution in [0.15, 0.2) is 35.5 Å². The van der Waals surface area contributed by atoms with Crippen molar-refractivity contribution in [3.63, 3.8) is 0 Å². The van der Waals surface area contributed by atoms with Crippen LogP contribution < -0.4 is 4.90 Å². The minimum atomic E-state index is -0.0763. The van der Waals surface area contributed by atoms with Crippen molar-refractivity contribution >= 4 is 29.6 Å². The number of thioether (sulfide) groups is 1. The molecule has 0 atom stereocenters. The van der Waals surface area contributed by atoms with Crippen LogP contribution in [0, 0.1) is 6.92 Å². The van der Waals surface area contributed by atoms with Crippen LogP contribution in [-0.2, 0) is 11.2 Å². The molecule has 6 heteroatoms. The average molecular weight is 342 g/mol. The van der Waals surface area contributed by atoms with Crippen LogP contribution in [-0.4, -0.2) is 34.6 Å². The van der Waals surface area contributed by atoms with Crippen molar-refractivity contribution in [1.29, 1.82) is 0 Å². The number of aryl methyl sites for hydroxylation is 2. The topological polar surface area (TPSA) is 70.5 Å². The molecule has 0 spiro atoms. The Kier molecular flexibility index (Phi) is 4.85. The number of rotatable bonds is 4. The molecular weight excluding hydrogens is 324 g/mol. The van der Waals surface area contributed by atoms with Crippen molar-refractivity contribution in [3.05, 3.63) is 47.2 Å². The van der Waals surface area contributed by atoms with Gasteiger partial charge in [-0.1, -0.05) is 30.0 Å². The van der Waals surface area contributed by atoms with Crippen LogP contribution in [0.1, 0.15) is 27.9 Å². The monoisotopic (exact) mass is 342 g/mol. The van der Waals surface area contributed by atoms with E-state index < -0.39 is 0 Å². The van der Waals surface area contributed by atoms with E-state index in [1.165, 1.54) is 29.6 Å². The van der Waals surface area contributed by atoms with Gasteiger partial charge >= 0.3 is 0 Å². The lowest BCUT2D eigenvalue weighted by Crippen LogP contribution is -2.37. The zero-order valence-corrected chi connectivity index (χ0v) is 14.2. The Morgan fingerprint density at radius 1 is 1.46 bits per heavy atom. The molecule has 1 amide bonds. The molecular formula is C18H18N2O3S. The molecule has 24 heavy (non-hydrogen) atoms. The molecule has 2 heterocycles. The second-order valence-corrected chi connectivity index (χ2v) is 6.70. The highest BCUT2D eigenvalue weighted by molar-refractivity contribution is 8.00. The first-order valence-electron chi connectivity index (χ1n) is 7.76. The number of hydrogen-bond acceptors (Lipinski definition) is 5. The lowest BCUT2D eigenvalue weighted by atomic mass is 9.98. The minimum Gasteiger partial charge on any atom is -0.505 e. The Labute approximate surface area is 144 Å². The molecule has 0 fully saturated rings. The largest absolute Gasteiger partial charge is 0.505 e. The summed E-state index contributed by atoms with van der Waals surface area (Å²) >= 11 is 1.18. The molecule has 2 aromatic rings. The van der Waals surface area contributed by atoms with Crippen LogP contribution in [0.4, 0.5) is 5.69 Å². The summed E-state index contributed by atoms with van der Waals surface area (Å²) in [5.74, 6) is 0.109. The summed E-state index contributed by atoms with van der Waals surface area (Å²) in [6.45, 7) is 2.73. The van der Waals surface area contributed by atoms with Crippen LogP contribution in [0.5, 0.6) is 5.75 Å². The van der Waals surface area contributed by atoms with Gasteiger partial charge in [-0.25, -0.2) is 4.98 Å². The lowest BCUT2D eigenvalue weighted by molar-refractivity contribution is -0.116. The van der Waals surface area contributed by atoms with Gasteiger partial charge in [0.2, 0.25) is 5.91 Å². The van der Waals surface area contributed by atoms with Crippen LogP contribution >= 0.6 is 11.8 Å².